The molecule has 1 amide bonds. The Bertz CT molecular complexity index is 859. The number of nitrogens with one attached hydrogen (secondary N) is 1. The molecule has 25 heavy (non-hydrogen) atoms. The third-order valence-corrected chi connectivity index (χ3v) is 3.83. The first-order valence-electron chi connectivity index (χ1n) is 7.80. The number of aromatic nitrogens is 2. The summed E-state index contributed by atoms with van der Waals surface area (Å²) >= 11 is 0. The van der Waals surface area contributed by atoms with Gasteiger partial charge in [0.25, 0.3) is 5.91 Å². The van der Waals surface area contributed by atoms with E-state index in [0.29, 0.717) is 23.7 Å². The lowest BCUT2D eigenvalue weighted by atomic mass is 10.2. The van der Waals surface area contributed by atoms with E-state index >= 15 is 0 Å². The molecule has 6 nitrogen and oxygen atoms in total. The Morgan fingerprint density at radius 1 is 1.16 bits per heavy atom. The van der Waals surface area contributed by atoms with Gasteiger partial charge in [0, 0.05) is 24.5 Å². The fourth-order valence-electron chi connectivity index (χ4n) is 2.57. The van der Waals surface area contributed by atoms with Crippen LogP contribution in [0.25, 0.3) is 5.69 Å². The van der Waals surface area contributed by atoms with Crippen LogP contribution in [0.2, 0.25) is 0 Å². The van der Waals surface area contributed by atoms with E-state index < -0.39 is 0 Å². The molecule has 0 aliphatic rings. The van der Waals surface area contributed by atoms with Crippen molar-refractivity contribution in [2.24, 2.45) is 0 Å². The van der Waals surface area contributed by atoms with E-state index in [0.717, 1.165) is 11.3 Å². The quantitative estimate of drug-likeness (QED) is 0.751. The molecule has 6 heteroatoms. The van der Waals surface area contributed by atoms with Gasteiger partial charge in [-0.05, 0) is 42.5 Å². The smallest absolute Gasteiger partial charge is 0.268 e. The van der Waals surface area contributed by atoms with Crippen LogP contribution in [0.4, 0.5) is 0 Å². The zero-order chi connectivity index (χ0) is 17.6. The summed E-state index contributed by atoms with van der Waals surface area (Å²) in [6, 6.07) is 12.8. The highest BCUT2D eigenvalue weighted by atomic mass is 16.5. The van der Waals surface area contributed by atoms with E-state index in [4.69, 9.17) is 9.47 Å². The lowest BCUT2D eigenvalue weighted by Crippen LogP contribution is -2.25. The molecule has 0 saturated heterocycles. The van der Waals surface area contributed by atoms with Crippen LogP contribution in [0.5, 0.6) is 11.5 Å². The van der Waals surface area contributed by atoms with Crippen LogP contribution >= 0.6 is 0 Å². The highest BCUT2D eigenvalue weighted by molar-refractivity contribution is 5.93. The van der Waals surface area contributed by atoms with Crippen molar-refractivity contribution in [2.45, 2.75) is 6.54 Å². The van der Waals surface area contributed by atoms with Gasteiger partial charge < -0.3 is 19.4 Å². The topological polar surface area (TPSA) is 65.4 Å². The number of benzene rings is 1. The first kappa shape index (κ1) is 16.6. The van der Waals surface area contributed by atoms with Crippen LogP contribution < -0.4 is 14.8 Å². The number of nitrogens with zero attached hydrogens (tertiary/aromatic N) is 2. The largest absolute Gasteiger partial charge is 0.497 e. The van der Waals surface area contributed by atoms with Crippen molar-refractivity contribution in [1.82, 2.24) is 14.9 Å². The van der Waals surface area contributed by atoms with Gasteiger partial charge in [-0.3, -0.25) is 9.78 Å². The zero-order valence-corrected chi connectivity index (χ0v) is 14.1. The van der Waals surface area contributed by atoms with E-state index in [1.165, 1.54) is 0 Å². The summed E-state index contributed by atoms with van der Waals surface area (Å²) in [5, 5.41) is 2.92. The molecule has 0 spiro atoms. The maximum absolute atomic E-state index is 12.6. The molecule has 0 aliphatic heterocycles. The average molecular weight is 337 g/mol. The summed E-state index contributed by atoms with van der Waals surface area (Å²) in [5.74, 6) is 1.23. The first-order chi connectivity index (χ1) is 12.2. The van der Waals surface area contributed by atoms with Crippen molar-refractivity contribution in [3.05, 3.63) is 72.3 Å². The molecule has 3 aromatic rings. The van der Waals surface area contributed by atoms with Gasteiger partial charge in [0.2, 0.25) is 0 Å². The third kappa shape index (κ3) is 3.63. The van der Waals surface area contributed by atoms with Crippen LogP contribution in [0.15, 0.2) is 61.1 Å². The van der Waals surface area contributed by atoms with Crippen LogP contribution in [-0.4, -0.2) is 29.7 Å². The summed E-state index contributed by atoms with van der Waals surface area (Å²) in [6.45, 7) is 0.331. The van der Waals surface area contributed by atoms with Crippen LogP contribution in [0.3, 0.4) is 0 Å². The third-order valence-electron chi connectivity index (χ3n) is 3.83. The molecule has 3 rings (SSSR count). The van der Waals surface area contributed by atoms with Crippen molar-refractivity contribution >= 4 is 5.91 Å². The molecule has 0 unspecified atom stereocenters. The first-order valence-corrected chi connectivity index (χ1v) is 7.80. The van der Waals surface area contributed by atoms with E-state index in [2.05, 4.69) is 10.3 Å². The molecule has 2 heterocycles. The fraction of sp³-hybridized carbons (Fsp3) is 0.158. The predicted octanol–water partition coefficient (Wildman–Crippen LogP) is 2.82. The van der Waals surface area contributed by atoms with E-state index in [1.807, 2.05) is 42.6 Å². The minimum absolute atomic E-state index is 0.182. The maximum Gasteiger partial charge on any atom is 0.268 e. The average Bonchev–Trinajstić information content (AvgIpc) is 3.16. The standard InChI is InChI=1S/C19H19N3O3/c1-24-16-7-8-18(25-2)14(11-16)12-21-19(23)17-6-4-10-22(17)15-5-3-9-20-13-15/h3-11,13H,12H2,1-2H3,(H,21,23). The molecule has 1 aromatic carbocycles. The van der Waals surface area contributed by atoms with Gasteiger partial charge >= 0.3 is 0 Å². The Balaban J connectivity index is 1.78. The van der Waals surface area contributed by atoms with Gasteiger partial charge in [-0.2, -0.15) is 0 Å². The number of rotatable bonds is 6. The summed E-state index contributed by atoms with van der Waals surface area (Å²) < 4.78 is 12.4. The molecular formula is C19H19N3O3. The molecule has 128 valence electrons. The second-order valence-electron chi connectivity index (χ2n) is 5.34. The molecule has 0 radical (unpaired) electrons. The number of carbonyl (C=O) groups is 1. The minimum atomic E-state index is -0.182. The van der Waals surface area contributed by atoms with Crippen LogP contribution in [-0.2, 0) is 6.54 Å². The molecule has 1 N–H and O–H groups in total. The van der Waals surface area contributed by atoms with E-state index in [-0.39, 0.29) is 5.91 Å². The van der Waals surface area contributed by atoms with Crippen LogP contribution in [0, 0.1) is 0 Å². The van der Waals surface area contributed by atoms with Crippen molar-refractivity contribution in [2.75, 3.05) is 14.2 Å². The summed E-state index contributed by atoms with van der Waals surface area (Å²) in [5.41, 5.74) is 2.21. The van der Waals surface area contributed by atoms with Gasteiger partial charge in [0.15, 0.2) is 0 Å². The van der Waals surface area contributed by atoms with E-state index in [1.54, 1.807) is 37.2 Å². The monoisotopic (exact) mass is 337 g/mol. The number of hydrogen-bond donors (Lipinski definition) is 1. The van der Waals surface area contributed by atoms with E-state index in [9.17, 15) is 4.79 Å². The molecule has 2 aromatic heterocycles. The van der Waals surface area contributed by atoms with Crippen molar-refractivity contribution in [3.63, 3.8) is 0 Å². The summed E-state index contributed by atoms with van der Waals surface area (Å²) in [6.07, 6.45) is 5.24. The predicted molar refractivity (Wildman–Crippen MR) is 94.3 cm³/mol. The Kier molecular flexibility index (Phi) is 4.99. The molecule has 0 fully saturated rings. The molecule has 0 bridgehead atoms. The molecule has 0 saturated carbocycles. The summed E-state index contributed by atoms with van der Waals surface area (Å²) in [7, 11) is 3.20. The van der Waals surface area contributed by atoms with Crippen molar-refractivity contribution < 1.29 is 14.3 Å². The molecular weight excluding hydrogens is 318 g/mol. The highest BCUT2D eigenvalue weighted by Crippen LogP contribution is 2.24. The SMILES string of the molecule is COc1ccc(OC)c(CNC(=O)c2cccn2-c2cccnc2)c1. The number of carbonyl (C=O) groups excluding carboxylic acids is 1. The Labute approximate surface area is 146 Å². The number of amides is 1. The Morgan fingerprint density at radius 3 is 2.76 bits per heavy atom. The van der Waals surface area contributed by atoms with Crippen molar-refractivity contribution in [3.8, 4) is 17.2 Å². The van der Waals surface area contributed by atoms with Gasteiger partial charge in [-0.15, -0.1) is 0 Å². The highest BCUT2D eigenvalue weighted by Gasteiger charge is 2.13. The van der Waals surface area contributed by atoms with Crippen molar-refractivity contribution in [1.29, 1.82) is 0 Å². The number of methoxy groups -OCH3 is 2. The zero-order valence-electron chi connectivity index (χ0n) is 14.1. The Hall–Kier alpha value is -3.28. The summed E-state index contributed by atoms with van der Waals surface area (Å²) in [4.78, 5) is 16.7. The van der Waals surface area contributed by atoms with Gasteiger partial charge in [0.05, 0.1) is 26.1 Å². The normalized spacial score (nSPS) is 10.3. The fourth-order valence-corrected chi connectivity index (χ4v) is 2.57. The second-order valence-corrected chi connectivity index (χ2v) is 5.34. The molecule has 0 atom stereocenters. The minimum Gasteiger partial charge on any atom is -0.497 e. The number of hydrogen-bond acceptors (Lipinski definition) is 4. The lowest BCUT2D eigenvalue weighted by Gasteiger charge is -2.12. The number of ether oxygens (including phenoxy) is 2. The second kappa shape index (κ2) is 7.53. The van der Waals surface area contributed by atoms with Crippen LogP contribution in [0.1, 0.15) is 16.1 Å². The maximum atomic E-state index is 12.6. The molecule has 0 aliphatic carbocycles. The number of pyridine rings is 1. The van der Waals surface area contributed by atoms with Gasteiger partial charge in [0.1, 0.15) is 17.2 Å². The Morgan fingerprint density at radius 2 is 2.04 bits per heavy atom. The lowest BCUT2D eigenvalue weighted by molar-refractivity contribution is 0.0944. The van der Waals surface area contributed by atoms with Gasteiger partial charge in [-0.1, -0.05) is 0 Å². The van der Waals surface area contributed by atoms with Gasteiger partial charge in [-0.25, -0.2) is 0 Å².